The van der Waals surface area contributed by atoms with Gasteiger partial charge in [0.05, 0.1) is 6.54 Å². The van der Waals surface area contributed by atoms with Gasteiger partial charge in [-0.3, -0.25) is 4.90 Å². The van der Waals surface area contributed by atoms with Crippen molar-refractivity contribution in [1.29, 1.82) is 0 Å². The third-order valence-corrected chi connectivity index (χ3v) is 4.05. The van der Waals surface area contributed by atoms with Crippen LogP contribution in [0.1, 0.15) is 30.5 Å². The van der Waals surface area contributed by atoms with Crippen LogP contribution in [0.15, 0.2) is 5.38 Å². The van der Waals surface area contributed by atoms with E-state index < -0.39 is 0 Å². The first-order valence-electron chi connectivity index (χ1n) is 6.15. The molecule has 0 amide bonds. The van der Waals surface area contributed by atoms with Crippen LogP contribution in [-0.4, -0.2) is 35.6 Å². The quantitative estimate of drug-likeness (QED) is 0.871. The largest absolute Gasteiger partial charge is 0.314 e. The molecule has 1 unspecified atom stereocenters. The molecule has 1 N–H and O–H groups in total. The molecule has 4 heteroatoms. The topological polar surface area (TPSA) is 28.2 Å². The van der Waals surface area contributed by atoms with Gasteiger partial charge in [-0.1, -0.05) is 13.3 Å². The van der Waals surface area contributed by atoms with Crippen LogP contribution in [0.3, 0.4) is 0 Å². The number of aryl methyl sites for hydroxylation is 1. The summed E-state index contributed by atoms with van der Waals surface area (Å²) in [5.74, 6) is 0. The predicted molar refractivity (Wildman–Crippen MR) is 68.8 cm³/mol. The average Bonchev–Trinajstić information content (AvgIpc) is 2.67. The summed E-state index contributed by atoms with van der Waals surface area (Å²) >= 11 is 1.79. The highest BCUT2D eigenvalue weighted by molar-refractivity contribution is 7.09. The molecule has 1 aliphatic heterocycles. The maximum atomic E-state index is 4.56. The fourth-order valence-electron chi connectivity index (χ4n) is 2.28. The van der Waals surface area contributed by atoms with Crippen molar-refractivity contribution in [2.24, 2.45) is 0 Å². The fourth-order valence-corrected chi connectivity index (χ4v) is 3.07. The second-order valence-corrected chi connectivity index (χ2v) is 5.44. The average molecular weight is 239 g/mol. The Morgan fingerprint density at radius 1 is 1.62 bits per heavy atom. The van der Waals surface area contributed by atoms with Gasteiger partial charge in [0.25, 0.3) is 0 Å². The molecule has 1 aromatic rings. The standard InChI is InChI=1S/C12H21N3S/c1-3-4-11-7-13-5-6-15(11)8-12-14-10(2)9-16-12/h9,11,13H,3-8H2,1-2H3. The smallest absolute Gasteiger partial charge is 0.107 e. The molecular formula is C12H21N3S. The van der Waals surface area contributed by atoms with E-state index in [4.69, 9.17) is 0 Å². The van der Waals surface area contributed by atoms with E-state index in [0.29, 0.717) is 6.04 Å². The van der Waals surface area contributed by atoms with Crippen molar-refractivity contribution in [3.8, 4) is 0 Å². The van der Waals surface area contributed by atoms with E-state index >= 15 is 0 Å². The number of hydrogen-bond donors (Lipinski definition) is 1. The summed E-state index contributed by atoms with van der Waals surface area (Å²) < 4.78 is 0. The molecular weight excluding hydrogens is 218 g/mol. The zero-order valence-electron chi connectivity index (χ0n) is 10.2. The van der Waals surface area contributed by atoms with Crippen molar-refractivity contribution in [2.45, 2.75) is 39.3 Å². The van der Waals surface area contributed by atoms with E-state index in [9.17, 15) is 0 Å². The monoisotopic (exact) mass is 239 g/mol. The van der Waals surface area contributed by atoms with Gasteiger partial charge in [-0.25, -0.2) is 4.98 Å². The van der Waals surface area contributed by atoms with Crippen LogP contribution in [0.4, 0.5) is 0 Å². The molecule has 1 aromatic heterocycles. The van der Waals surface area contributed by atoms with Crippen LogP contribution in [0, 0.1) is 6.92 Å². The molecule has 16 heavy (non-hydrogen) atoms. The van der Waals surface area contributed by atoms with Gasteiger partial charge in [0.15, 0.2) is 0 Å². The van der Waals surface area contributed by atoms with Crippen molar-refractivity contribution in [2.75, 3.05) is 19.6 Å². The molecule has 0 saturated carbocycles. The van der Waals surface area contributed by atoms with E-state index in [-0.39, 0.29) is 0 Å². The Balaban J connectivity index is 1.95. The van der Waals surface area contributed by atoms with Crippen molar-refractivity contribution in [3.05, 3.63) is 16.1 Å². The van der Waals surface area contributed by atoms with Gasteiger partial charge in [0.2, 0.25) is 0 Å². The summed E-state index contributed by atoms with van der Waals surface area (Å²) in [5, 5.41) is 6.89. The molecule has 90 valence electrons. The number of thiazole rings is 1. The van der Waals surface area contributed by atoms with Crippen molar-refractivity contribution < 1.29 is 0 Å². The highest BCUT2D eigenvalue weighted by atomic mass is 32.1. The van der Waals surface area contributed by atoms with E-state index in [0.717, 1.165) is 31.9 Å². The Labute approximate surface area is 102 Å². The molecule has 0 bridgehead atoms. The molecule has 2 rings (SSSR count). The first-order valence-corrected chi connectivity index (χ1v) is 7.03. The van der Waals surface area contributed by atoms with Gasteiger partial charge in [-0.15, -0.1) is 11.3 Å². The minimum atomic E-state index is 0.697. The number of aromatic nitrogens is 1. The number of rotatable bonds is 4. The lowest BCUT2D eigenvalue weighted by Gasteiger charge is -2.35. The molecule has 0 spiro atoms. The molecule has 2 heterocycles. The Bertz CT molecular complexity index is 322. The molecule has 1 aliphatic rings. The molecule has 1 atom stereocenters. The van der Waals surface area contributed by atoms with Gasteiger partial charge in [-0.2, -0.15) is 0 Å². The lowest BCUT2D eigenvalue weighted by Crippen LogP contribution is -2.50. The summed E-state index contributed by atoms with van der Waals surface area (Å²) in [4.78, 5) is 7.14. The summed E-state index contributed by atoms with van der Waals surface area (Å²) in [5.41, 5.74) is 1.15. The van der Waals surface area contributed by atoms with Crippen molar-refractivity contribution in [3.63, 3.8) is 0 Å². The molecule has 0 aromatic carbocycles. The van der Waals surface area contributed by atoms with Gasteiger partial charge in [0.1, 0.15) is 5.01 Å². The van der Waals surface area contributed by atoms with Crippen LogP contribution < -0.4 is 5.32 Å². The predicted octanol–water partition coefficient (Wildman–Crippen LogP) is 2.03. The molecule has 0 radical (unpaired) electrons. The summed E-state index contributed by atoms with van der Waals surface area (Å²) in [6, 6.07) is 0.697. The van der Waals surface area contributed by atoms with E-state index in [2.05, 4.69) is 34.4 Å². The maximum absolute atomic E-state index is 4.56. The van der Waals surface area contributed by atoms with Gasteiger partial charge in [0, 0.05) is 36.8 Å². The van der Waals surface area contributed by atoms with Crippen LogP contribution in [0.5, 0.6) is 0 Å². The lowest BCUT2D eigenvalue weighted by molar-refractivity contribution is 0.144. The molecule has 1 saturated heterocycles. The Morgan fingerprint density at radius 3 is 3.19 bits per heavy atom. The Hall–Kier alpha value is -0.450. The Morgan fingerprint density at radius 2 is 2.50 bits per heavy atom. The van der Waals surface area contributed by atoms with Gasteiger partial charge < -0.3 is 5.32 Å². The van der Waals surface area contributed by atoms with Gasteiger partial charge >= 0.3 is 0 Å². The van der Waals surface area contributed by atoms with Gasteiger partial charge in [-0.05, 0) is 13.3 Å². The van der Waals surface area contributed by atoms with Crippen LogP contribution in [-0.2, 0) is 6.54 Å². The third-order valence-electron chi connectivity index (χ3n) is 3.10. The zero-order valence-corrected chi connectivity index (χ0v) is 11.0. The highest BCUT2D eigenvalue weighted by Gasteiger charge is 2.21. The number of nitrogens with one attached hydrogen (secondary N) is 1. The summed E-state index contributed by atoms with van der Waals surface area (Å²) in [7, 11) is 0. The summed E-state index contributed by atoms with van der Waals surface area (Å²) in [6.07, 6.45) is 2.55. The SMILES string of the molecule is CCCC1CNCCN1Cc1nc(C)cs1. The number of hydrogen-bond acceptors (Lipinski definition) is 4. The zero-order chi connectivity index (χ0) is 11.4. The molecule has 1 fully saturated rings. The third kappa shape index (κ3) is 3.03. The van der Waals surface area contributed by atoms with Crippen molar-refractivity contribution in [1.82, 2.24) is 15.2 Å². The minimum absolute atomic E-state index is 0.697. The molecule has 3 nitrogen and oxygen atoms in total. The fraction of sp³-hybridized carbons (Fsp3) is 0.750. The molecule has 0 aliphatic carbocycles. The van der Waals surface area contributed by atoms with Crippen molar-refractivity contribution >= 4 is 11.3 Å². The highest BCUT2D eigenvalue weighted by Crippen LogP contribution is 2.16. The van der Waals surface area contributed by atoms with Crippen LogP contribution >= 0.6 is 11.3 Å². The van der Waals surface area contributed by atoms with Crippen LogP contribution in [0.2, 0.25) is 0 Å². The first kappa shape index (κ1) is 12.0. The van der Waals surface area contributed by atoms with Crippen LogP contribution in [0.25, 0.3) is 0 Å². The summed E-state index contributed by atoms with van der Waals surface area (Å²) in [6.45, 7) is 8.78. The Kier molecular flexibility index (Phi) is 4.32. The van der Waals surface area contributed by atoms with E-state index in [1.54, 1.807) is 11.3 Å². The normalized spacial score (nSPS) is 22.5. The van der Waals surface area contributed by atoms with E-state index in [1.807, 2.05) is 0 Å². The number of piperazine rings is 1. The first-order chi connectivity index (χ1) is 7.79. The second kappa shape index (κ2) is 5.75. The lowest BCUT2D eigenvalue weighted by atomic mass is 10.1. The maximum Gasteiger partial charge on any atom is 0.107 e. The van der Waals surface area contributed by atoms with E-state index in [1.165, 1.54) is 17.8 Å². The minimum Gasteiger partial charge on any atom is -0.314 e. The second-order valence-electron chi connectivity index (χ2n) is 4.50. The number of nitrogens with zero attached hydrogens (tertiary/aromatic N) is 2.